The molecule has 5 nitrogen and oxygen atoms in total. The van der Waals surface area contributed by atoms with Crippen LogP contribution in [0.3, 0.4) is 0 Å². The third kappa shape index (κ3) is 3.19. The van der Waals surface area contributed by atoms with E-state index in [-0.39, 0.29) is 34.7 Å². The number of hydrogen-bond acceptors (Lipinski definition) is 4. The van der Waals surface area contributed by atoms with Crippen molar-refractivity contribution in [3.8, 4) is 5.75 Å². The Labute approximate surface area is 160 Å². The standard InChI is InChI=1S/C20H15ClFN3O2/c21-14-7-4-8-15(22)13(14)11-25-19-16(9-10-17(23)24-19)27-18(20(25)26)12-5-2-1-3-6-12/h1-10,18H,11H2,(H2,23,24). The molecular weight excluding hydrogens is 369 g/mol. The van der Waals surface area contributed by atoms with Crippen molar-refractivity contribution < 1.29 is 13.9 Å². The van der Waals surface area contributed by atoms with Crippen LogP contribution in [0.25, 0.3) is 0 Å². The van der Waals surface area contributed by atoms with E-state index in [1.807, 2.05) is 18.2 Å². The second-order valence-electron chi connectivity index (χ2n) is 6.09. The van der Waals surface area contributed by atoms with Gasteiger partial charge in [0.15, 0.2) is 11.6 Å². The zero-order valence-corrected chi connectivity index (χ0v) is 14.9. The largest absolute Gasteiger partial charge is 0.472 e. The van der Waals surface area contributed by atoms with Crippen LogP contribution in [-0.4, -0.2) is 10.9 Å². The molecule has 0 radical (unpaired) electrons. The molecule has 4 rings (SSSR count). The molecule has 1 amide bonds. The van der Waals surface area contributed by atoms with Crippen LogP contribution in [0, 0.1) is 5.82 Å². The van der Waals surface area contributed by atoms with Gasteiger partial charge >= 0.3 is 0 Å². The summed E-state index contributed by atoms with van der Waals surface area (Å²) in [7, 11) is 0. The molecule has 0 saturated heterocycles. The maximum absolute atomic E-state index is 14.3. The number of anilines is 2. The number of aromatic nitrogens is 1. The van der Waals surface area contributed by atoms with Gasteiger partial charge < -0.3 is 10.5 Å². The van der Waals surface area contributed by atoms with Gasteiger partial charge in [-0.1, -0.05) is 48.0 Å². The Balaban J connectivity index is 1.80. The average Bonchev–Trinajstić information content (AvgIpc) is 2.67. The molecule has 0 saturated carbocycles. The van der Waals surface area contributed by atoms with Crippen molar-refractivity contribution in [2.75, 3.05) is 10.6 Å². The second-order valence-corrected chi connectivity index (χ2v) is 6.50. The number of nitrogens with zero attached hydrogens (tertiary/aromatic N) is 2. The van der Waals surface area contributed by atoms with E-state index in [0.717, 1.165) is 0 Å². The SMILES string of the molecule is Nc1ccc2c(n1)N(Cc1c(F)cccc1Cl)C(=O)C(c1ccccc1)O2. The molecule has 0 aliphatic carbocycles. The van der Waals surface area contributed by atoms with Crippen LogP contribution in [0.15, 0.2) is 60.7 Å². The molecule has 1 aliphatic rings. The van der Waals surface area contributed by atoms with Crippen molar-refractivity contribution in [2.45, 2.75) is 12.6 Å². The Bertz CT molecular complexity index is 993. The van der Waals surface area contributed by atoms with Gasteiger partial charge in [-0.2, -0.15) is 0 Å². The highest BCUT2D eigenvalue weighted by Gasteiger charge is 2.37. The predicted molar refractivity (Wildman–Crippen MR) is 101 cm³/mol. The molecule has 1 unspecified atom stereocenters. The van der Waals surface area contributed by atoms with E-state index in [1.165, 1.54) is 17.0 Å². The minimum absolute atomic E-state index is 0.0829. The molecule has 1 aliphatic heterocycles. The topological polar surface area (TPSA) is 68.5 Å². The van der Waals surface area contributed by atoms with Gasteiger partial charge in [0, 0.05) is 16.1 Å². The number of nitrogen functional groups attached to an aromatic ring is 1. The van der Waals surface area contributed by atoms with Gasteiger partial charge in [-0.25, -0.2) is 9.37 Å². The third-order valence-electron chi connectivity index (χ3n) is 4.33. The summed E-state index contributed by atoms with van der Waals surface area (Å²) in [6, 6.07) is 16.7. The van der Waals surface area contributed by atoms with Crippen molar-refractivity contribution in [1.29, 1.82) is 0 Å². The summed E-state index contributed by atoms with van der Waals surface area (Å²) in [5.41, 5.74) is 6.68. The monoisotopic (exact) mass is 383 g/mol. The maximum atomic E-state index is 14.3. The lowest BCUT2D eigenvalue weighted by Gasteiger charge is -2.34. The normalized spacial score (nSPS) is 16.0. The number of carbonyl (C=O) groups excluding carboxylic acids is 1. The molecule has 27 heavy (non-hydrogen) atoms. The number of amides is 1. The fraction of sp³-hybridized carbons (Fsp3) is 0.100. The predicted octanol–water partition coefficient (Wildman–Crippen LogP) is 4.12. The summed E-state index contributed by atoms with van der Waals surface area (Å²) in [4.78, 5) is 18.8. The number of halogens is 2. The van der Waals surface area contributed by atoms with Gasteiger partial charge in [-0.3, -0.25) is 9.69 Å². The van der Waals surface area contributed by atoms with Gasteiger partial charge in [0.1, 0.15) is 11.6 Å². The number of carbonyl (C=O) groups is 1. The van der Waals surface area contributed by atoms with Crippen molar-refractivity contribution >= 4 is 29.1 Å². The third-order valence-corrected chi connectivity index (χ3v) is 4.69. The Kier molecular flexibility index (Phi) is 4.41. The first-order valence-electron chi connectivity index (χ1n) is 8.27. The van der Waals surface area contributed by atoms with Crippen LogP contribution in [0.1, 0.15) is 17.2 Å². The minimum atomic E-state index is -0.866. The minimum Gasteiger partial charge on any atom is -0.472 e. The van der Waals surface area contributed by atoms with Gasteiger partial charge in [0.25, 0.3) is 5.91 Å². The van der Waals surface area contributed by atoms with Crippen LogP contribution in [-0.2, 0) is 11.3 Å². The number of hydrogen-bond donors (Lipinski definition) is 1. The highest BCUT2D eigenvalue weighted by molar-refractivity contribution is 6.31. The molecule has 0 spiro atoms. The lowest BCUT2D eigenvalue weighted by atomic mass is 10.1. The Morgan fingerprint density at radius 1 is 1.11 bits per heavy atom. The highest BCUT2D eigenvalue weighted by Crippen LogP contribution is 2.39. The Hall–Kier alpha value is -3.12. The van der Waals surface area contributed by atoms with Crippen LogP contribution in [0.5, 0.6) is 5.75 Å². The molecule has 0 fully saturated rings. The van der Waals surface area contributed by atoms with E-state index in [0.29, 0.717) is 11.3 Å². The molecule has 2 heterocycles. The first-order chi connectivity index (χ1) is 13.0. The maximum Gasteiger partial charge on any atom is 0.274 e. The molecular formula is C20H15ClFN3O2. The van der Waals surface area contributed by atoms with Crippen LogP contribution >= 0.6 is 11.6 Å². The molecule has 3 aromatic rings. The first-order valence-corrected chi connectivity index (χ1v) is 8.65. The number of nitrogens with two attached hydrogens (primary N) is 1. The summed E-state index contributed by atoms with van der Waals surface area (Å²) in [5.74, 6) is -0.000756. The Morgan fingerprint density at radius 2 is 1.89 bits per heavy atom. The summed E-state index contributed by atoms with van der Waals surface area (Å²) < 4.78 is 20.2. The van der Waals surface area contributed by atoms with E-state index in [9.17, 15) is 9.18 Å². The summed E-state index contributed by atoms with van der Waals surface area (Å²) in [5, 5.41) is 0.232. The van der Waals surface area contributed by atoms with Gasteiger partial charge in [0.2, 0.25) is 6.10 Å². The molecule has 0 bridgehead atoms. The number of pyridine rings is 1. The van der Waals surface area contributed by atoms with Gasteiger partial charge in [0.05, 0.1) is 6.54 Å². The number of ether oxygens (including phenoxy) is 1. The van der Waals surface area contributed by atoms with Crippen molar-refractivity contribution in [2.24, 2.45) is 0 Å². The quantitative estimate of drug-likeness (QED) is 0.738. The lowest BCUT2D eigenvalue weighted by Crippen LogP contribution is -2.41. The molecule has 7 heteroatoms. The number of rotatable bonds is 3. The van der Waals surface area contributed by atoms with E-state index in [2.05, 4.69) is 4.98 Å². The molecule has 2 N–H and O–H groups in total. The van der Waals surface area contributed by atoms with Gasteiger partial charge in [-0.05, 0) is 24.3 Å². The zero-order chi connectivity index (χ0) is 19.0. The Morgan fingerprint density at radius 3 is 2.63 bits per heavy atom. The molecule has 2 aromatic carbocycles. The highest BCUT2D eigenvalue weighted by atomic mass is 35.5. The lowest BCUT2D eigenvalue weighted by molar-refractivity contribution is -0.126. The fourth-order valence-electron chi connectivity index (χ4n) is 2.99. The second kappa shape index (κ2) is 6.89. The van der Waals surface area contributed by atoms with E-state index in [4.69, 9.17) is 22.1 Å². The van der Waals surface area contributed by atoms with Crippen LogP contribution in [0.2, 0.25) is 5.02 Å². The van der Waals surface area contributed by atoms with Crippen molar-refractivity contribution in [3.05, 3.63) is 82.6 Å². The molecule has 1 aromatic heterocycles. The first kappa shape index (κ1) is 17.3. The number of fused-ring (bicyclic) bond motifs is 1. The van der Waals surface area contributed by atoms with Crippen molar-refractivity contribution in [1.82, 2.24) is 4.98 Å². The average molecular weight is 384 g/mol. The summed E-state index contributed by atoms with van der Waals surface area (Å²) in [6.07, 6.45) is -0.866. The summed E-state index contributed by atoms with van der Waals surface area (Å²) in [6.45, 7) is -0.0829. The van der Waals surface area contributed by atoms with Gasteiger partial charge in [-0.15, -0.1) is 0 Å². The zero-order valence-electron chi connectivity index (χ0n) is 14.1. The smallest absolute Gasteiger partial charge is 0.274 e. The summed E-state index contributed by atoms with van der Waals surface area (Å²) >= 11 is 6.15. The van der Waals surface area contributed by atoms with E-state index < -0.39 is 11.9 Å². The number of benzene rings is 2. The molecule has 136 valence electrons. The van der Waals surface area contributed by atoms with Crippen molar-refractivity contribution in [3.63, 3.8) is 0 Å². The fourth-order valence-corrected chi connectivity index (χ4v) is 3.21. The van der Waals surface area contributed by atoms with E-state index in [1.54, 1.807) is 30.3 Å². The van der Waals surface area contributed by atoms with Crippen LogP contribution < -0.4 is 15.4 Å². The van der Waals surface area contributed by atoms with Crippen LogP contribution in [0.4, 0.5) is 16.0 Å². The molecule has 1 atom stereocenters. The van der Waals surface area contributed by atoms with E-state index >= 15 is 0 Å².